The number of pyridine rings is 1. The van der Waals surface area contributed by atoms with E-state index in [0.717, 1.165) is 6.07 Å². The molecule has 0 fully saturated rings. The van der Waals surface area contributed by atoms with Crippen molar-refractivity contribution in [1.82, 2.24) is 15.0 Å². The SMILES string of the molecule is Cc1nc(N[C@H](C)c2cccc(C(F)F)c2F)c2cc(Br)c(Cl)nc2n1. The van der Waals surface area contributed by atoms with Gasteiger partial charge in [0.15, 0.2) is 5.65 Å². The molecule has 26 heavy (non-hydrogen) atoms. The van der Waals surface area contributed by atoms with Gasteiger partial charge in [0.25, 0.3) is 6.43 Å². The molecule has 0 saturated heterocycles. The summed E-state index contributed by atoms with van der Waals surface area (Å²) in [6.45, 7) is 3.35. The van der Waals surface area contributed by atoms with Crippen LogP contribution in [0.4, 0.5) is 19.0 Å². The smallest absolute Gasteiger partial charge is 0.266 e. The molecule has 4 nitrogen and oxygen atoms in total. The first-order valence-electron chi connectivity index (χ1n) is 7.61. The fourth-order valence-electron chi connectivity index (χ4n) is 2.58. The predicted octanol–water partition coefficient (Wildman–Crippen LogP) is 6.00. The molecule has 0 aliphatic heterocycles. The topological polar surface area (TPSA) is 50.7 Å². The molecule has 1 aromatic carbocycles. The molecule has 1 atom stereocenters. The van der Waals surface area contributed by atoms with E-state index in [4.69, 9.17) is 11.6 Å². The Morgan fingerprint density at radius 3 is 2.54 bits per heavy atom. The molecule has 0 bridgehead atoms. The third kappa shape index (κ3) is 3.61. The highest BCUT2D eigenvalue weighted by molar-refractivity contribution is 9.10. The summed E-state index contributed by atoms with van der Waals surface area (Å²) in [6, 6.07) is 5.02. The second-order valence-electron chi connectivity index (χ2n) is 5.67. The van der Waals surface area contributed by atoms with Crippen molar-refractivity contribution < 1.29 is 13.2 Å². The van der Waals surface area contributed by atoms with Gasteiger partial charge in [-0.25, -0.2) is 28.1 Å². The third-order valence-corrected chi connectivity index (χ3v) is 4.94. The summed E-state index contributed by atoms with van der Waals surface area (Å²) in [5, 5.41) is 3.88. The van der Waals surface area contributed by atoms with Crippen LogP contribution in [0.1, 0.15) is 36.3 Å². The van der Waals surface area contributed by atoms with E-state index in [1.165, 1.54) is 12.1 Å². The summed E-state index contributed by atoms with van der Waals surface area (Å²) in [7, 11) is 0. The maximum absolute atomic E-state index is 14.4. The Balaban J connectivity index is 2.04. The van der Waals surface area contributed by atoms with Crippen LogP contribution in [0.5, 0.6) is 0 Å². The molecule has 9 heteroatoms. The normalized spacial score (nSPS) is 12.6. The number of aryl methyl sites for hydroxylation is 1. The van der Waals surface area contributed by atoms with Crippen molar-refractivity contribution >= 4 is 44.4 Å². The van der Waals surface area contributed by atoms with Gasteiger partial charge >= 0.3 is 0 Å². The van der Waals surface area contributed by atoms with Gasteiger partial charge < -0.3 is 5.32 Å². The molecule has 0 unspecified atom stereocenters. The molecule has 136 valence electrons. The minimum atomic E-state index is -2.88. The molecule has 0 amide bonds. The Labute approximate surface area is 161 Å². The monoisotopic (exact) mass is 444 g/mol. The lowest BCUT2D eigenvalue weighted by molar-refractivity contribution is 0.146. The van der Waals surface area contributed by atoms with Gasteiger partial charge in [-0.1, -0.05) is 29.8 Å². The van der Waals surface area contributed by atoms with Crippen LogP contribution in [-0.2, 0) is 0 Å². The lowest BCUT2D eigenvalue weighted by atomic mass is 10.0. The number of hydrogen-bond donors (Lipinski definition) is 1. The van der Waals surface area contributed by atoms with Gasteiger partial charge in [0.2, 0.25) is 0 Å². The largest absolute Gasteiger partial charge is 0.363 e. The van der Waals surface area contributed by atoms with Gasteiger partial charge in [-0.05, 0) is 35.8 Å². The zero-order chi connectivity index (χ0) is 19.0. The van der Waals surface area contributed by atoms with Crippen LogP contribution in [0.15, 0.2) is 28.7 Å². The first kappa shape index (κ1) is 18.8. The van der Waals surface area contributed by atoms with Crippen LogP contribution in [0, 0.1) is 12.7 Å². The summed E-state index contributed by atoms with van der Waals surface area (Å²) in [5.41, 5.74) is -0.133. The maximum Gasteiger partial charge on any atom is 0.266 e. The van der Waals surface area contributed by atoms with Crippen molar-refractivity contribution in [2.75, 3.05) is 5.32 Å². The standard InChI is InChI=1S/C17H13BrClF3N4/c1-7(9-4-3-5-10(13(9)20)15(21)22)23-16-11-6-12(18)14(19)26-17(11)25-8(2)24-16/h3-7,15H,1-2H3,(H,23,24,25,26)/t7-/m1/s1. The average Bonchev–Trinajstić information content (AvgIpc) is 2.56. The zero-order valence-electron chi connectivity index (χ0n) is 13.7. The zero-order valence-corrected chi connectivity index (χ0v) is 16.0. The number of hydrogen-bond acceptors (Lipinski definition) is 4. The van der Waals surface area contributed by atoms with E-state index in [9.17, 15) is 13.2 Å². The average molecular weight is 446 g/mol. The van der Waals surface area contributed by atoms with Gasteiger partial charge in [0.1, 0.15) is 22.6 Å². The number of halogens is 5. The number of anilines is 1. The fraction of sp³-hybridized carbons (Fsp3) is 0.235. The predicted molar refractivity (Wildman–Crippen MR) is 98.2 cm³/mol. The Morgan fingerprint density at radius 1 is 1.15 bits per heavy atom. The highest BCUT2D eigenvalue weighted by Crippen LogP contribution is 2.32. The number of rotatable bonds is 4. The van der Waals surface area contributed by atoms with E-state index >= 15 is 0 Å². The molecule has 0 aliphatic rings. The number of aromatic nitrogens is 3. The van der Waals surface area contributed by atoms with Crippen molar-refractivity contribution in [3.8, 4) is 0 Å². The van der Waals surface area contributed by atoms with Crippen molar-refractivity contribution in [3.63, 3.8) is 0 Å². The quantitative estimate of drug-likeness (QED) is 0.501. The molecule has 3 rings (SSSR count). The number of fused-ring (bicyclic) bond motifs is 1. The molecule has 3 aromatic rings. The van der Waals surface area contributed by atoms with Crippen LogP contribution in [0.25, 0.3) is 11.0 Å². The third-order valence-electron chi connectivity index (χ3n) is 3.82. The van der Waals surface area contributed by atoms with Gasteiger partial charge in [0, 0.05) is 5.56 Å². The lowest BCUT2D eigenvalue weighted by Crippen LogP contribution is -2.12. The minimum absolute atomic E-state index is 0.119. The van der Waals surface area contributed by atoms with E-state index < -0.39 is 23.8 Å². The first-order valence-corrected chi connectivity index (χ1v) is 8.78. The van der Waals surface area contributed by atoms with Gasteiger partial charge in [-0.3, -0.25) is 0 Å². The number of alkyl halides is 2. The fourth-order valence-corrected chi connectivity index (χ4v) is 3.03. The molecule has 1 N–H and O–H groups in total. The Kier molecular flexibility index (Phi) is 5.34. The molecule has 0 saturated carbocycles. The van der Waals surface area contributed by atoms with E-state index in [1.807, 2.05) is 0 Å². The summed E-state index contributed by atoms with van der Waals surface area (Å²) in [4.78, 5) is 12.7. The van der Waals surface area contributed by atoms with E-state index in [2.05, 4.69) is 36.2 Å². The van der Waals surface area contributed by atoms with Crippen LogP contribution in [-0.4, -0.2) is 15.0 Å². The van der Waals surface area contributed by atoms with E-state index in [0.29, 0.717) is 27.1 Å². The lowest BCUT2D eigenvalue weighted by Gasteiger charge is -2.18. The summed E-state index contributed by atoms with van der Waals surface area (Å²) in [5.74, 6) is -0.0773. The Bertz CT molecular complexity index is 984. The molecule has 0 radical (unpaired) electrons. The molecule has 0 aliphatic carbocycles. The Morgan fingerprint density at radius 2 is 1.85 bits per heavy atom. The summed E-state index contributed by atoms with van der Waals surface area (Å²) < 4.78 is 40.8. The first-order chi connectivity index (χ1) is 12.3. The molecular weight excluding hydrogens is 433 g/mol. The van der Waals surface area contributed by atoms with Crippen molar-refractivity contribution in [2.24, 2.45) is 0 Å². The minimum Gasteiger partial charge on any atom is -0.363 e. The van der Waals surface area contributed by atoms with Crippen LogP contribution < -0.4 is 5.32 Å². The summed E-state index contributed by atoms with van der Waals surface area (Å²) in [6.07, 6.45) is -2.88. The van der Waals surface area contributed by atoms with E-state index in [-0.39, 0.29) is 10.7 Å². The molecular formula is C17H13BrClF3N4. The van der Waals surface area contributed by atoms with Crippen molar-refractivity contribution in [1.29, 1.82) is 0 Å². The highest BCUT2D eigenvalue weighted by atomic mass is 79.9. The van der Waals surface area contributed by atoms with Crippen LogP contribution in [0.3, 0.4) is 0 Å². The highest BCUT2D eigenvalue weighted by Gasteiger charge is 2.20. The van der Waals surface area contributed by atoms with Crippen LogP contribution in [0.2, 0.25) is 5.15 Å². The molecule has 0 spiro atoms. The second kappa shape index (κ2) is 7.36. The molecule has 2 aromatic heterocycles. The second-order valence-corrected chi connectivity index (χ2v) is 6.88. The van der Waals surface area contributed by atoms with Gasteiger partial charge in [-0.15, -0.1) is 0 Å². The number of nitrogens with one attached hydrogen (secondary N) is 1. The van der Waals surface area contributed by atoms with Crippen molar-refractivity contribution in [3.05, 3.63) is 56.7 Å². The van der Waals surface area contributed by atoms with Gasteiger partial charge in [0.05, 0.1) is 21.5 Å². The summed E-state index contributed by atoms with van der Waals surface area (Å²) >= 11 is 9.30. The van der Waals surface area contributed by atoms with Crippen LogP contribution >= 0.6 is 27.5 Å². The number of nitrogens with zero attached hydrogens (tertiary/aromatic N) is 3. The Hall–Kier alpha value is -1.93. The van der Waals surface area contributed by atoms with Gasteiger partial charge in [-0.2, -0.15) is 0 Å². The maximum atomic E-state index is 14.4. The number of benzene rings is 1. The van der Waals surface area contributed by atoms with E-state index in [1.54, 1.807) is 19.9 Å². The molecule has 2 heterocycles. The van der Waals surface area contributed by atoms with Crippen molar-refractivity contribution in [2.45, 2.75) is 26.3 Å².